The van der Waals surface area contributed by atoms with Gasteiger partial charge >= 0.3 is 0 Å². The van der Waals surface area contributed by atoms with Gasteiger partial charge in [-0.2, -0.15) is 0 Å². The quantitative estimate of drug-likeness (QED) is 0.763. The highest BCUT2D eigenvalue weighted by Gasteiger charge is 2.34. The molecule has 2 heterocycles. The fraction of sp³-hybridized carbons (Fsp3) is 1.00. The van der Waals surface area contributed by atoms with E-state index in [0.717, 1.165) is 18.0 Å². The van der Waals surface area contributed by atoms with E-state index < -0.39 is 0 Å². The van der Waals surface area contributed by atoms with Crippen molar-refractivity contribution in [2.75, 3.05) is 19.6 Å². The van der Waals surface area contributed by atoms with Crippen LogP contribution in [0.3, 0.4) is 0 Å². The molecular weight excluding hydrogens is 184 g/mol. The molecule has 2 aliphatic heterocycles. The number of likely N-dealkylation sites (tertiary alicyclic amines) is 1. The van der Waals surface area contributed by atoms with E-state index in [1.165, 1.54) is 64.6 Å². The topological polar surface area (TPSA) is 15.3 Å². The number of nitrogens with zero attached hydrogens (tertiary/aromatic N) is 1. The lowest BCUT2D eigenvalue weighted by atomic mass is 9.94. The lowest BCUT2D eigenvalue weighted by Crippen LogP contribution is -2.50. The van der Waals surface area contributed by atoms with Crippen molar-refractivity contribution >= 4 is 0 Å². The van der Waals surface area contributed by atoms with Crippen LogP contribution >= 0.6 is 0 Å². The molecule has 0 bridgehead atoms. The minimum absolute atomic E-state index is 0.823. The summed E-state index contributed by atoms with van der Waals surface area (Å²) in [7, 11) is 0. The van der Waals surface area contributed by atoms with Gasteiger partial charge in [0.1, 0.15) is 0 Å². The minimum Gasteiger partial charge on any atom is -0.312 e. The summed E-state index contributed by atoms with van der Waals surface area (Å²) in [5.74, 6) is 1.06. The maximum Gasteiger partial charge on any atom is 0.0249 e. The zero-order chi connectivity index (χ0) is 10.1. The SMILES string of the molecule is C1CNC(C2CCCCN2CC2CC2)C1. The summed E-state index contributed by atoms with van der Waals surface area (Å²) in [5.41, 5.74) is 0. The summed E-state index contributed by atoms with van der Waals surface area (Å²) in [6, 6.07) is 1.70. The highest BCUT2D eigenvalue weighted by Crippen LogP contribution is 2.33. The Morgan fingerprint density at radius 1 is 1.00 bits per heavy atom. The van der Waals surface area contributed by atoms with Gasteiger partial charge in [-0.05, 0) is 57.5 Å². The standard InChI is InChI=1S/C13H24N2/c1-2-9-15(10-11-6-7-11)13(5-1)12-4-3-8-14-12/h11-14H,1-10H2. The Kier molecular flexibility index (Phi) is 2.98. The molecule has 3 rings (SSSR count). The van der Waals surface area contributed by atoms with Gasteiger partial charge < -0.3 is 5.32 Å². The molecule has 3 fully saturated rings. The van der Waals surface area contributed by atoms with Crippen LogP contribution in [-0.4, -0.2) is 36.6 Å². The summed E-state index contributed by atoms with van der Waals surface area (Å²) in [5, 5.41) is 3.71. The van der Waals surface area contributed by atoms with Crippen molar-refractivity contribution < 1.29 is 0 Å². The second-order valence-electron chi connectivity index (χ2n) is 5.70. The molecule has 86 valence electrons. The third-order valence-electron chi connectivity index (χ3n) is 4.42. The minimum atomic E-state index is 0.823. The molecule has 0 amide bonds. The van der Waals surface area contributed by atoms with Crippen molar-refractivity contribution in [1.29, 1.82) is 0 Å². The number of rotatable bonds is 3. The van der Waals surface area contributed by atoms with Gasteiger partial charge in [-0.25, -0.2) is 0 Å². The van der Waals surface area contributed by atoms with Gasteiger partial charge in [-0.3, -0.25) is 4.90 Å². The van der Waals surface area contributed by atoms with E-state index in [4.69, 9.17) is 0 Å². The lowest BCUT2D eigenvalue weighted by molar-refractivity contribution is 0.114. The van der Waals surface area contributed by atoms with Crippen molar-refractivity contribution in [3.63, 3.8) is 0 Å². The van der Waals surface area contributed by atoms with Crippen LogP contribution in [-0.2, 0) is 0 Å². The molecular formula is C13H24N2. The average Bonchev–Trinajstić information content (AvgIpc) is 2.93. The Balaban J connectivity index is 1.60. The maximum atomic E-state index is 3.71. The first-order valence-electron chi connectivity index (χ1n) is 6.91. The van der Waals surface area contributed by atoms with Crippen LogP contribution in [0.5, 0.6) is 0 Å². The molecule has 2 unspecified atom stereocenters. The maximum absolute atomic E-state index is 3.71. The second-order valence-corrected chi connectivity index (χ2v) is 5.70. The molecule has 2 heteroatoms. The van der Waals surface area contributed by atoms with Crippen molar-refractivity contribution in [2.24, 2.45) is 5.92 Å². The Bertz CT molecular complexity index is 207. The van der Waals surface area contributed by atoms with E-state index >= 15 is 0 Å². The fourth-order valence-electron chi connectivity index (χ4n) is 3.37. The van der Waals surface area contributed by atoms with Gasteiger partial charge in [-0.1, -0.05) is 6.42 Å². The summed E-state index contributed by atoms with van der Waals surface area (Å²) in [6.07, 6.45) is 10.2. The van der Waals surface area contributed by atoms with E-state index in [1.807, 2.05) is 0 Å². The van der Waals surface area contributed by atoms with E-state index in [1.54, 1.807) is 0 Å². The predicted molar refractivity (Wildman–Crippen MR) is 63.0 cm³/mol. The Morgan fingerprint density at radius 3 is 2.67 bits per heavy atom. The van der Waals surface area contributed by atoms with Crippen LogP contribution in [0.25, 0.3) is 0 Å². The molecule has 0 aromatic rings. The molecule has 1 saturated carbocycles. The zero-order valence-electron chi connectivity index (χ0n) is 9.75. The molecule has 1 aliphatic carbocycles. The van der Waals surface area contributed by atoms with Gasteiger partial charge in [0.2, 0.25) is 0 Å². The molecule has 2 saturated heterocycles. The van der Waals surface area contributed by atoms with Gasteiger partial charge in [0.05, 0.1) is 0 Å². The Morgan fingerprint density at radius 2 is 1.93 bits per heavy atom. The summed E-state index contributed by atoms with van der Waals surface area (Å²) >= 11 is 0. The molecule has 3 aliphatic rings. The van der Waals surface area contributed by atoms with Crippen molar-refractivity contribution in [1.82, 2.24) is 10.2 Å². The van der Waals surface area contributed by atoms with Crippen LogP contribution in [0.4, 0.5) is 0 Å². The molecule has 0 aromatic carbocycles. The largest absolute Gasteiger partial charge is 0.312 e. The first-order valence-corrected chi connectivity index (χ1v) is 6.91. The Hall–Kier alpha value is -0.0800. The molecule has 1 N–H and O–H groups in total. The predicted octanol–water partition coefficient (Wildman–Crippen LogP) is 2.00. The van der Waals surface area contributed by atoms with E-state index in [9.17, 15) is 0 Å². The first-order chi connectivity index (χ1) is 7.43. The van der Waals surface area contributed by atoms with Crippen LogP contribution in [0.2, 0.25) is 0 Å². The van der Waals surface area contributed by atoms with Crippen molar-refractivity contribution in [3.8, 4) is 0 Å². The summed E-state index contributed by atoms with van der Waals surface area (Å²) < 4.78 is 0. The summed E-state index contributed by atoms with van der Waals surface area (Å²) in [6.45, 7) is 4.04. The van der Waals surface area contributed by atoms with E-state index in [0.29, 0.717) is 0 Å². The number of piperidine rings is 1. The third-order valence-corrected chi connectivity index (χ3v) is 4.42. The normalized spacial score (nSPS) is 38.4. The van der Waals surface area contributed by atoms with Gasteiger partial charge in [0, 0.05) is 18.6 Å². The van der Waals surface area contributed by atoms with Crippen LogP contribution < -0.4 is 5.32 Å². The number of hydrogen-bond acceptors (Lipinski definition) is 2. The highest BCUT2D eigenvalue weighted by molar-refractivity contribution is 4.92. The number of nitrogens with one attached hydrogen (secondary N) is 1. The molecule has 15 heavy (non-hydrogen) atoms. The summed E-state index contributed by atoms with van der Waals surface area (Å²) in [4.78, 5) is 2.81. The van der Waals surface area contributed by atoms with Crippen LogP contribution in [0, 0.1) is 5.92 Å². The monoisotopic (exact) mass is 208 g/mol. The van der Waals surface area contributed by atoms with E-state index in [-0.39, 0.29) is 0 Å². The molecule has 0 aromatic heterocycles. The first kappa shape index (κ1) is 10.1. The second kappa shape index (κ2) is 4.42. The smallest absolute Gasteiger partial charge is 0.0249 e. The average molecular weight is 208 g/mol. The van der Waals surface area contributed by atoms with E-state index in [2.05, 4.69) is 10.2 Å². The van der Waals surface area contributed by atoms with Crippen molar-refractivity contribution in [3.05, 3.63) is 0 Å². The van der Waals surface area contributed by atoms with Gasteiger partial charge in [-0.15, -0.1) is 0 Å². The fourth-order valence-corrected chi connectivity index (χ4v) is 3.37. The van der Waals surface area contributed by atoms with Gasteiger partial charge in [0.15, 0.2) is 0 Å². The molecule has 2 atom stereocenters. The molecule has 0 spiro atoms. The molecule has 0 radical (unpaired) electrons. The van der Waals surface area contributed by atoms with Crippen molar-refractivity contribution in [2.45, 2.75) is 57.0 Å². The van der Waals surface area contributed by atoms with Crippen LogP contribution in [0.15, 0.2) is 0 Å². The molecule has 2 nitrogen and oxygen atoms in total. The van der Waals surface area contributed by atoms with Gasteiger partial charge in [0.25, 0.3) is 0 Å². The highest BCUT2D eigenvalue weighted by atomic mass is 15.2. The zero-order valence-corrected chi connectivity index (χ0v) is 9.75. The van der Waals surface area contributed by atoms with Crippen LogP contribution in [0.1, 0.15) is 44.9 Å². The third kappa shape index (κ3) is 2.36. The number of hydrogen-bond donors (Lipinski definition) is 1. The lowest BCUT2D eigenvalue weighted by Gasteiger charge is -2.39. The Labute approximate surface area is 93.4 Å².